The normalized spacial score (nSPS) is 10.4. The molecule has 0 heterocycles. The van der Waals surface area contributed by atoms with Crippen molar-refractivity contribution in [1.82, 2.24) is 0 Å². The largest absolute Gasteiger partial charge is 0.492 e. The van der Waals surface area contributed by atoms with Crippen molar-refractivity contribution in [1.29, 1.82) is 0 Å². The Bertz CT molecular complexity index is 579. The van der Waals surface area contributed by atoms with Gasteiger partial charge in [0.05, 0.1) is 15.7 Å². The Labute approximate surface area is 129 Å². The summed E-state index contributed by atoms with van der Waals surface area (Å²) in [6, 6.07) is 11.7. The molecule has 0 saturated heterocycles. The number of hydrogen-bond acceptors (Lipinski definition) is 2. The third kappa shape index (κ3) is 4.06. The van der Waals surface area contributed by atoms with E-state index in [9.17, 15) is 0 Å². The van der Waals surface area contributed by atoms with E-state index in [0.717, 1.165) is 11.4 Å². The van der Waals surface area contributed by atoms with Crippen LogP contribution in [-0.2, 0) is 0 Å². The fourth-order valence-corrected chi connectivity index (χ4v) is 2.38. The van der Waals surface area contributed by atoms with E-state index >= 15 is 0 Å². The van der Waals surface area contributed by atoms with Crippen LogP contribution in [0.4, 0.5) is 5.69 Å². The van der Waals surface area contributed by atoms with E-state index in [1.807, 2.05) is 24.3 Å². The van der Waals surface area contributed by atoms with Gasteiger partial charge in [-0.25, -0.2) is 0 Å². The van der Waals surface area contributed by atoms with Gasteiger partial charge in [0.25, 0.3) is 0 Å². The number of benzene rings is 2. The summed E-state index contributed by atoms with van der Waals surface area (Å²) in [5.74, 6) is 0.890. The molecule has 0 aromatic heterocycles. The molecule has 0 aliphatic heterocycles. The lowest BCUT2D eigenvalue weighted by atomic mass is 10.1. The first-order valence-electron chi connectivity index (χ1n) is 6.45. The predicted molar refractivity (Wildman–Crippen MR) is 86.4 cm³/mol. The van der Waals surface area contributed by atoms with Crippen molar-refractivity contribution >= 4 is 28.9 Å². The van der Waals surface area contributed by atoms with Crippen LogP contribution in [0.3, 0.4) is 0 Å². The predicted octanol–water partition coefficient (Wildman–Crippen LogP) is 5.10. The Balaban J connectivity index is 1.86. The first-order chi connectivity index (χ1) is 9.56. The van der Waals surface area contributed by atoms with Crippen LogP contribution in [0.5, 0.6) is 5.75 Å². The smallest absolute Gasteiger partial charge is 0.119 e. The van der Waals surface area contributed by atoms with E-state index in [1.165, 1.54) is 11.1 Å². The maximum absolute atomic E-state index is 6.10. The highest BCUT2D eigenvalue weighted by Gasteiger charge is 2.03. The summed E-state index contributed by atoms with van der Waals surface area (Å²) in [5.41, 5.74) is 3.22. The molecule has 4 heteroatoms. The summed E-state index contributed by atoms with van der Waals surface area (Å²) < 4.78 is 5.72. The van der Waals surface area contributed by atoms with E-state index in [1.54, 1.807) is 6.07 Å². The van der Waals surface area contributed by atoms with Crippen molar-refractivity contribution in [3.8, 4) is 5.75 Å². The Morgan fingerprint density at radius 1 is 1.05 bits per heavy atom. The van der Waals surface area contributed by atoms with Gasteiger partial charge in [-0.15, -0.1) is 0 Å². The van der Waals surface area contributed by atoms with Crippen molar-refractivity contribution in [3.05, 3.63) is 57.6 Å². The molecule has 0 unspecified atom stereocenters. The van der Waals surface area contributed by atoms with Gasteiger partial charge in [0.2, 0.25) is 0 Å². The summed E-state index contributed by atoms with van der Waals surface area (Å²) in [4.78, 5) is 0. The monoisotopic (exact) mass is 309 g/mol. The molecule has 0 saturated carbocycles. The number of rotatable bonds is 5. The number of aryl methyl sites for hydroxylation is 2. The lowest BCUT2D eigenvalue weighted by Crippen LogP contribution is -2.11. The average Bonchev–Trinajstić information content (AvgIpc) is 2.38. The zero-order valence-corrected chi connectivity index (χ0v) is 13.1. The third-order valence-electron chi connectivity index (χ3n) is 2.83. The maximum Gasteiger partial charge on any atom is 0.119 e. The van der Waals surface area contributed by atoms with Crippen molar-refractivity contribution in [2.24, 2.45) is 0 Å². The van der Waals surface area contributed by atoms with E-state index in [2.05, 4.69) is 25.2 Å². The van der Waals surface area contributed by atoms with Gasteiger partial charge in [0.15, 0.2) is 0 Å². The Hall–Kier alpha value is -1.38. The van der Waals surface area contributed by atoms with Gasteiger partial charge in [-0.3, -0.25) is 0 Å². The van der Waals surface area contributed by atoms with Crippen molar-refractivity contribution < 1.29 is 4.74 Å². The number of hydrogen-bond donors (Lipinski definition) is 1. The van der Waals surface area contributed by atoms with Crippen molar-refractivity contribution in [2.45, 2.75) is 13.8 Å². The number of anilines is 1. The molecular formula is C16H17Cl2NO. The quantitative estimate of drug-likeness (QED) is 0.776. The van der Waals surface area contributed by atoms with Crippen LogP contribution >= 0.6 is 23.2 Å². The topological polar surface area (TPSA) is 21.3 Å². The molecule has 0 bridgehead atoms. The van der Waals surface area contributed by atoms with Crippen LogP contribution in [0.15, 0.2) is 36.4 Å². The van der Waals surface area contributed by atoms with Gasteiger partial charge in [0.1, 0.15) is 12.4 Å². The Kier molecular flexibility index (Phi) is 5.16. The zero-order chi connectivity index (χ0) is 14.5. The molecule has 0 spiro atoms. The Morgan fingerprint density at radius 3 is 2.45 bits per heavy atom. The van der Waals surface area contributed by atoms with Gasteiger partial charge >= 0.3 is 0 Å². The first-order valence-corrected chi connectivity index (χ1v) is 7.21. The van der Waals surface area contributed by atoms with Crippen LogP contribution in [0.25, 0.3) is 0 Å². The molecule has 2 aromatic carbocycles. The molecule has 106 valence electrons. The van der Waals surface area contributed by atoms with E-state index in [0.29, 0.717) is 23.2 Å². The highest BCUT2D eigenvalue weighted by atomic mass is 35.5. The van der Waals surface area contributed by atoms with Gasteiger partial charge < -0.3 is 10.1 Å². The van der Waals surface area contributed by atoms with Crippen molar-refractivity contribution in [3.63, 3.8) is 0 Å². The summed E-state index contributed by atoms with van der Waals surface area (Å²) in [5, 5.41) is 4.30. The summed E-state index contributed by atoms with van der Waals surface area (Å²) in [7, 11) is 0. The van der Waals surface area contributed by atoms with Gasteiger partial charge in [-0.1, -0.05) is 35.3 Å². The molecule has 20 heavy (non-hydrogen) atoms. The SMILES string of the molecule is Cc1cc(C)cc(OCCNc2cccc(Cl)c2Cl)c1. The molecule has 2 aromatic rings. The van der Waals surface area contributed by atoms with E-state index in [-0.39, 0.29) is 0 Å². The molecule has 1 N–H and O–H groups in total. The molecule has 0 radical (unpaired) electrons. The number of nitrogens with one attached hydrogen (secondary N) is 1. The highest BCUT2D eigenvalue weighted by Crippen LogP contribution is 2.29. The first kappa shape index (κ1) is 15.0. The van der Waals surface area contributed by atoms with Gasteiger partial charge in [-0.05, 0) is 49.2 Å². The van der Waals surface area contributed by atoms with Gasteiger partial charge in [-0.2, -0.15) is 0 Å². The van der Waals surface area contributed by atoms with Crippen LogP contribution in [0.2, 0.25) is 10.0 Å². The standard InChI is InChI=1S/C16H17Cl2NO/c1-11-8-12(2)10-13(9-11)20-7-6-19-15-5-3-4-14(17)16(15)18/h3-5,8-10,19H,6-7H2,1-2H3. The average molecular weight is 310 g/mol. The number of halogens is 2. The second kappa shape index (κ2) is 6.87. The highest BCUT2D eigenvalue weighted by molar-refractivity contribution is 6.43. The summed E-state index contributed by atoms with van der Waals surface area (Å²) >= 11 is 12.0. The molecule has 0 amide bonds. The molecule has 0 aliphatic rings. The second-order valence-corrected chi connectivity index (χ2v) is 5.49. The van der Waals surface area contributed by atoms with Crippen LogP contribution in [0.1, 0.15) is 11.1 Å². The third-order valence-corrected chi connectivity index (χ3v) is 3.65. The van der Waals surface area contributed by atoms with Crippen LogP contribution in [-0.4, -0.2) is 13.2 Å². The molecule has 0 aliphatic carbocycles. The zero-order valence-electron chi connectivity index (χ0n) is 11.5. The minimum Gasteiger partial charge on any atom is -0.492 e. The molecule has 0 fully saturated rings. The fraction of sp³-hybridized carbons (Fsp3) is 0.250. The van der Waals surface area contributed by atoms with Crippen LogP contribution in [0, 0.1) is 13.8 Å². The molecule has 2 nitrogen and oxygen atoms in total. The maximum atomic E-state index is 6.10. The van der Waals surface area contributed by atoms with Crippen LogP contribution < -0.4 is 10.1 Å². The lowest BCUT2D eigenvalue weighted by Gasteiger charge is -2.11. The van der Waals surface area contributed by atoms with E-state index in [4.69, 9.17) is 27.9 Å². The summed E-state index contributed by atoms with van der Waals surface area (Å²) in [6.07, 6.45) is 0. The fourth-order valence-electron chi connectivity index (χ4n) is 2.01. The second-order valence-electron chi connectivity index (χ2n) is 4.70. The lowest BCUT2D eigenvalue weighted by molar-refractivity contribution is 0.332. The van der Waals surface area contributed by atoms with E-state index < -0.39 is 0 Å². The molecule has 2 rings (SSSR count). The molecule has 0 atom stereocenters. The summed E-state index contributed by atoms with van der Waals surface area (Å²) in [6.45, 7) is 5.34. The molecular weight excluding hydrogens is 293 g/mol. The van der Waals surface area contributed by atoms with Crippen molar-refractivity contribution in [2.75, 3.05) is 18.5 Å². The minimum atomic E-state index is 0.542. The number of ether oxygens (including phenoxy) is 1. The Morgan fingerprint density at radius 2 is 1.75 bits per heavy atom. The minimum absolute atomic E-state index is 0.542. The van der Waals surface area contributed by atoms with Gasteiger partial charge in [0, 0.05) is 6.54 Å².